The molecule has 3 nitrogen and oxygen atoms in total. The van der Waals surface area contributed by atoms with Gasteiger partial charge in [-0.05, 0) is 38.8 Å². The van der Waals surface area contributed by atoms with E-state index >= 15 is 0 Å². The number of carbonyl (C=O) groups is 1. The van der Waals surface area contributed by atoms with E-state index in [1.165, 1.54) is 0 Å². The molecule has 68 valence electrons. The van der Waals surface area contributed by atoms with Crippen molar-refractivity contribution < 1.29 is 4.79 Å². The van der Waals surface area contributed by atoms with Gasteiger partial charge in [0, 0.05) is 6.04 Å². The van der Waals surface area contributed by atoms with E-state index in [1.807, 2.05) is 0 Å². The summed E-state index contributed by atoms with van der Waals surface area (Å²) in [6, 6.07) is 0.384. The van der Waals surface area contributed by atoms with Crippen LogP contribution >= 0.6 is 0 Å². The van der Waals surface area contributed by atoms with Crippen molar-refractivity contribution in [2.75, 3.05) is 13.1 Å². The third-order valence-corrected chi connectivity index (χ3v) is 3.51. The molecule has 12 heavy (non-hydrogen) atoms. The average Bonchev–Trinajstić information content (AvgIpc) is 2.05. The lowest BCUT2D eigenvalue weighted by atomic mass is 9.74. The van der Waals surface area contributed by atoms with Gasteiger partial charge in [-0.15, -0.1) is 0 Å². The molecule has 0 spiro atoms. The molecule has 3 saturated heterocycles. The zero-order chi connectivity index (χ0) is 8.72. The molecular formula is C9H16N2O. The third kappa shape index (κ3) is 1.04. The van der Waals surface area contributed by atoms with Crippen LogP contribution in [0.15, 0.2) is 0 Å². The van der Waals surface area contributed by atoms with Crippen molar-refractivity contribution in [2.45, 2.75) is 25.8 Å². The van der Waals surface area contributed by atoms with Gasteiger partial charge < -0.3 is 5.73 Å². The minimum absolute atomic E-state index is 0.100. The number of nitrogens with zero attached hydrogens (tertiary/aromatic N) is 1. The first-order valence-electron chi connectivity index (χ1n) is 4.73. The summed E-state index contributed by atoms with van der Waals surface area (Å²) < 4.78 is 0. The van der Waals surface area contributed by atoms with Gasteiger partial charge in [-0.25, -0.2) is 0 Å². The summed E-state index contributed by atoms with van der Waals surface area (Å²) in [5.74, 6) is 0.590. The lowest BCUT2D eigenvalue weighted by Gasteiger charge is -2.48. The van der Waals surface area contributed by atoms with E-state index in [-0.39, 0.29) is 11.8 Å². The van der Waals surface area contributed by atoms with Crippen molar-refractivity contribution in [3.05, 3.63) is 0 Å². The molecule has 3 rings (SSSR count). The number of amides is 1. The van der Waals surface area contributed by atoms with Gasteiger partial charge in [0.25, 0.3) is 0 Å². The second kappa shape index (κ2) is 2.73. The van der Waals surface area contributed by atoms with Crippen molar-refractivity contribution in [2.24, 2.45) is 17.6 Å². The van der Waals surface area contributed by atoms with Crippen molar-refractivity contribution in [3.63, 3.8) is 0 Å². The highest BCUT2D eigenvalue weighted by molar-refractivity contribution is 5.78. The smallest absolute Gasteiger partial charge is 0.222 e. The maximum absolute atomic E-state index is 11.2. The Morgan fingerprint density at radius 2 is 2.00 bits per heavy atom. The Balaban J connectivity index is 2.18. The molecule has 0 aromatic carbocycles. The molecule has 0 aromatic heterocycles. The molecule has 3 fully saturated rings. The first-order valence-corrected chi connectivity index (χ1v) is 4.73. The maximum Gasteiger partial charge on any atom is 0.222 e. The standard InChI is InChI=1S/C9H16N2O/c1-6-8(9(10)12)7-2-4-11(6)5-3-7/h6-8H,2-5H2,1H3,(H2,10,12). The van der Waals surface area contributed by atoms with Crippen molar-refractivity contribution in [1.29, 1.82) is 0 Å². The van der Waals surface area contributed by atoms with Crippen molar-refractivity contribution in [1.82, 2.24) is 4.90 Å². The third-order valence-electron chi connectivity index (χ3n) is 3.51. The van der Waals surface area contributed by atoms with E-state index in [0.29, 0.717) is 12.0 Å². The summed E-state index contributed by atoms with van der Waals surface area (Å²) in [5.41, 5.74) is 5.38. The van der Waals surface area contributed by atoms with E-state index in [2.05, 4.69) is 11.8 Å². The number of nitrogens with two attached hydrogens (primary N) is 1. The number of hydrogen-bond donors (Lipinski definition) is 1. The van der Waals surface area contributed by atoms with Gasteiger partial charge in [-0.2, -0.15) is 0 Å². The Bertz CT molecular complexity index is 195. The van der Waals surface area contributed by atoms with Crippen LogP contribution < -0.4 is 5.73 Å². The number of piperidine rings is 3. The summed E-state index contributed by atoms with van der Waals surface area (Å²) in [6.45, 7) is 4.45. The quantitative estimate of drug-likeness (QED) is 0.608. The maximum atomic E-state index is 11.2. The molecule has 2 unspecified atom stereocenters. The highest BCUT2D eigenvalue weighted by Gasteiger charge is 2.42. The number of primary amides is 1. The van der Waals surface area contributed by atoms with E-state index in [9.17, 15) is 4.79 Å². The van der Waals surface area contributed by atoms with Gasteiger partial charge in [0.15, 0.2) is 0 Å². The normalized spacial score (nSPS) is 46.1. The molecule has 3 heterocycles. The second-order valence-electron chi connectivity index (χ2n) is 4.04. The van der Waals surface area contributed by atoms with Gasteiger partial charge in [-0.1, -0.05) is 0 Å². The van der Waals surface area contributed by atoms with E-state index in [0.717, 1.165) is 25.9 Å². The fraction of sp³-hybridized carbons (Fsp3) is 0.889. The van der Waals surface area contributed by atoms with Crippen LogP contribution in [0.3, 0.4) is 0 Å². The van der Waals surface area contributed by atoms with Crippen LogP contribution in [0.2, 0.25) is 0 Å². The summed E-state index contributed by atoms with van der Waals surface area (Å²) >= 11 is 0. The van der Waals surface area contributed by atoms with E-state index < -0.39 is 0 Å². The minimum atomic E-state index is -0.100. The largest absolute Gasteiger partial charge is 0.369 e. The lowest BCUT2D eigenvalue weighted by molar-refractivity contribution is -0.131. The molecule has 2 atom stereocenters. The van der Waals surface area contributed by atoms with Crippen LogP contribution in [0, 0.1) is 11.8 Å². The zero-order valence-corrected chi connectivity index (χ0v) is 7.49. The number of carbonyl (C=O) groups excluding carboxylic acids is 1. The fourth-order valence-electron chi connectivity index (χ4n) is 2.78. The number of fused-ring (bicyclic) bond motifs is 3. The van der Waals surface area contributed by atoms with Crippen LogP contribution in [0.5, 0.6) is 0 Å². The SMILES string of the molecule is CC1C(C(N)=O)C2CCN1CC2. The number of rotatable bonds is 1. The Kier molecular flexibility index (Phi) is 1.83. The first-order chi connectivity index (χ1) is 5.70. The van der Waals surface area contributed by atoms with Crippen LogP contribution in [-0.4, -0.2) is 29.9 Å². The highest BCUT2D eigenvalue weighted by atomic mass is 16.1. The Morgan fingerprint density at radius 3 is 2.33 bits per heavy atom. The predicted octanol–water partition coefficient (Wildman–Crippen LogP) is 0.202. The van der Waals surface area contributed by atoms with E-state index in [4.69, 9.17) is 5.73 Å². The Labute approximate surface area is 72.9 Å². The molecule has 0 radical (unpaired) electrons. The molecule has 0 saturated carbocycles. The molecular weight excluding hydrogens is 152 g/mol. The summed E-state index contributed by atoms with van der Waals surface area (Å²) in [6.07, 6.45) is 2.33. The molecule has 3 heteroatoms. The first kappa shape index (κ1) is 8.05. The van der Waals surface area contributed by atoms with Crippen LogP contribution in [0.4, 0.5) is 0 Å². The van der Waals surface area contributed by atoms with Crippen LogP contribution in [0.25, 0.3) is 0 Å². The average molecular weight is 168 g/mol. The zero-order valence-electron chi connectivity index (χ0n) is 7.49. The van der Waals surface area contributed by atoms with Gasteiger partial charge in [0.1, 0.15) is 0 Å². The number of hydrogen-bond acceptors (Lipinski definition) is 2. The summed E-state index contributed by atoms with van der Waals surface area (Å²) in [4.78, 5) is 13.5. The second-order valence-corrected chi connectivity index (χ2v) is 4.04. The molecule has 2 N–H and O–H groups in total. The van der Waals surface area contributed by atoms with Gasteiger partial charge in [-0.3, -0.25) is 9.69 Å². The molecule has 1 amide bonds. The van der Waals surface area contributed by atoms with E-state index in [1.54, 1.807) is 0 Å². The molecule has 0 aliphatic carbocycles. The van der Waals surface area contributed by atoms with Crippen molar-refractivity contribution >= 4 is 5.91 Å². The van der Waals surface area contributed by atoms with Gasteiger partial charge >= 0.3 is 0 Å². The highest BCUT2D eigenvalue weighted by Crippen LogP contribution is 2.36. The predicted molar refractivity (Wildman–Crippen MR) is 46.4 cm³/mol. The van der Waals surface area contributed by atoms with Crippen LogP contribution in [0.1, 0.15) is 19.8 Å². The lowest BCUT2D eigenvalue weighted by Crippen LogP contribution is -2.57. The minimum Gasteiger partial charge on any atom is -0.369 e. The summed E-state index contributed by atoms with van der Waals surface area (Å²) in [7, 11) is 0. The molecule has 3 aliphatic rings. The van der Waals surface area contributed by atoms with Gasteiger partial charge in [0.2, 0.25) is 5.91 Å². The molecule has 3 aliphatic heterocycles. The fourth-order valence-corrected chi connectivity index (χ4v) is 2.78. The monoisotopic (exact) mass is 168 g/mol. The van der Waals surface area contributed by atoms with Crippen LogP contribution in [-0.2, 0) is 4.79 Å². The Morgan fingerprint density at radius 1 is 1.42 bits per heavy atom. The topological polar surface area (TPSA) is 46.3 Å². The van der Waals surface area contributed by atoms with Gasteiger partial charge in [0.05, 0.1) is 5.92 Å². The molecule has 0 aromatic rings. The summed E-state index contributed by atoms with van der Waals surface area (Å²) in [5, 5.41) is 0. The molecule has 2 bridgehead atoms. The van der Waals surface area contributed by atoms with Crippen molar-refractivity contribution in [3.8, 4) is 0 Å². The Hall–Kier alpha value is -0.570.